The topological polar surface area (TPSA) is 12.0 Å². The van der Waals surface area contributed by atoms with Gasteiger partial charge in [-0.15, -0.1) is 0 Å². The predicted molar refractivity (Wildman–Crippen MR) is 91.6 cm³/mol. The molecular weight excluding hydrogens is 262 g/mol. The van der Waals surface area contributed by atoms with Gasteiger partial charge in [-0.1, -0.05) is 37.3 Å². The van der Waals surface area contributed by atoms with E-state index < -0.39 is 0 Å². The summed E-state index contributed by atoms with van der Waals surface area (Å²) in [6, 6.07) is 11.9. The molecule has 1 nitrogen and oxygen atoms in total. The van der Waals surface area contributed by atoms with Gasteiger partial charge in [0.25, 0.3) is 0 Å². The highest BCUT2D eigenvalue weighted by molar-refractivity contribution is 7.98. The van der Waals surface area contributed by atoms with Gasteiger partial charge in [0.2, 0.25) is 0 Å². The lowest BCUT2D eigenvalue weighted by Gasteiger charge is -2.37. The molecule has 3 unspecified atom stereocenters. The third kappa shape index (κ3) is 4.53. The molecule has 0 bridgehead atoms. The molecule has 1 saturated carbocycles. The van der Waals surface area contributed by atoms with Crippen molar-refractivity contribution >= 4 is 11.8 Å². The summed E-state index contributed by atoms with van der Waals surface area (Å²) in [5.74, 6) is 2.96. The fraction of sp³-hybridized carbons (Fsp3) is 0.667. The fourth-order valence-corrected chi connectivity index (χ4v) is 4.09. The number of rotatable bonds is 7. The van der Waals surface area contributed by atoms with Crippen molar-refractivity contribution < 1.29 is 0 Å². The van der Waals surface area contributed by atoms with E-state index in [0.29, 0.717) is 0 Å². The summed E-state index contributed by atoms with van der Waals surface area (Å²) in [5.41, 5.74) is 1.55. The number of nitrogens with one attached hydrogen (secondary N) is 1. The Kier molecular flexibility index (Phi) is 6.95. The molecule has 1 aliphatic carbocycles. The second kappa shape index (κ2) is 8.74. The summed E-state index contributed by atoms with van der Waals surface area (Å²) in [4.78, 5) is 0. The summed E-state index contributed by atoms with van der Waals surface area (Å²) in [7, 11) is 0. The standard InChI is InChI=1S/C18H29NS/c1-3-19-18-12-11-16(15-8-5-4-6-9-15)14-17(18)10-7-13-20-2/h4-6,8-9,16-19H,3,7,10-14H2,1-2H3. The predicted octanol–water partition coefficient (Wildman–Crippen LogP) is 4.69. The number of benzene rings is 1. The molecule has 2 heteroatoms. The summed E-state index contributed by atoms with van der Waals surface area (Å²) in [6.07, 6.45) is 9.04. The summed E-state index contributed by atoms with van der Waals surface area (Å²) < 4.78 is 0. The van der Waals surface area contributed by atoms with Crippen LogP contribution in [-0.4, -0.2) is 24.6 Å². The lowest BCUT2D eigenvalue weighted by molar-refractivity contribution is 0.229. The average Bonchev–Trinajstić information content (AvgIpc) is 2.50. The monoisotopic (exact) mass is 291 g/mol. The first-order valence-electron chi connectivity index (χ1n) is 8.12. The van der Waals surface area contributed by atoms with Crippen molar-refractivity contribution in [1.29, 1.82) is 0 Å². The Morgan fingerprint density at radius 3 is 2.70 bits per heavy atom. The number of hydrogen-bond acceptors (Lipinski definition) is 2. The van der Waals surface area contributed by atoms with Gasteiger partial charge in [-0.3, -0.25) is 0 Å². The van der Waals surface area contributed by atoms with Crippen LogP contribution in [0, 0.1) is 5.92 Å². The Bertz CT molecular complexity index is 365. The van der Waals surface area contributed by atoms with E-state index in [1.807, 2.05) is 11.8 Å². The van der Waals surface area contributed by atoms with Crippen LogP contribution in [0.25, 0.3) is 0 Å². The van der Waals surface area contributed by atoms with Crippen LogP contribution >= 0.6 is 11.8 Å². The zero-order valence-electron chi connectivity index (χ0n) is 13.0. The van der Waals surface area contributed by atoms with Gasteiger partial charge in [-0.2, -0.15) is 11.8 Å². The van der Waals surface area contributed by atoms with E-state index in [1.165, 1.54) is 37.9 Å². The van der Waals surface area contributed by atoms with Crippen LogP contribution in [0.5, 0.6) is 0 Å². The van der Waals surface area contributed by atoms with E-state index in [-0.39, 0.29) is 0 Å². The van der Waals surface area contributed by atoms with Crippen LogP contribution in [0.1, 0.15) is 50.5 Å². The third-order valence-corrected chi connectivity index (χ3v) is 5.34. The van der Waals surface area contributed by atoms with Gasteiger partial charge in [0.05, 0.1) is 0 Å². The van der Waals surface area contributed by atoms with E-state index in [1.54, 1.807) is 5.56 Å². The Morgan fingerprint density at radius 2 is 2.00 bits per heavy atom. The quantitative estimate of drug-likeness (QED) is 0.731. The van der Waals surface area contributed by atoms with Gasteiger partial charge in [0.1, 0.15) is 0 Å². The highest BCUT2D eigenvalue weighted by Crippen LogP contribution is 2.38. The van der Waals surface area contributed by atoms with Crippen LogP contribution in [0.4, 0.5) is 0 Å². The van der Waals surface area contributed by atoms with Crippen molar-refractivity contribution in [2.24, 2.45) is 5.92 Å². The highest BCUT2D eigenvalue weighted by Gasteiger charge is 2.30. The Labute approximate surface area is 128 Å². The van der Waals surface area contributed by atoms with E-state index >= 15 is 0 Å². The molecular formula is C18H29NS. The number of hydrogen-bond donors (Lipinski definition) is 1. The molecule has 1 aromatic carbocycles. The van der Waals surface area contributed by atoms with Crippen LogP contribution in [0.3, 0.4) is 0 Å². The molecule has 0 saturated heterocycles. The maximum atomic E-state index is 3.73. The van der Waals surface area contributed by atoms with Gasteiger partial charge < -0.3 is 5.32 Å². The van der Waals surface area contributed by atoms with E-state index in [4.69, 9.17) is 0 Å². The van der Waals surface area contributed by atoms with Crippen molar-refractivity contribution in [3.8, 4) is 0 Å². The normalized spacial score (nSPS) is 26.6. The zero-order valence-corrected chi connectivity index (χ0v) is 13.8. The molecule has 1 aromatic rings. The molecule has 0 aliphatic heterocycles. The largest absolute Gasteiger partial charge is 0.314 e. The molecule has 1 N–H and O–H groups in total. The minimum atomic E-state index is 0.752. The Balaban J connectivity index is 1.95. The molecule has 0 spiro atoms. The van der Waals surface area contributed by atoms with Crippen molar-refractivity contribution in [1.82, 2.24) is 5.32 Å². The smallest absolute Gasteiger partial charge is 0.00956 e. The molecule has 0 aromatic heterocycles. The molecule has 112 valence electrons. The van der Waals surface area contributed by atoms with Crippen molar-refractivity contribution in [2.75, 3.05) is 18.6 Å². The fourth-order valence-electron chi connectivity index (χ4n) is 3.63. The van der Waals surface area contributed by atoms with Crippen molar-refractivity contribution in [3.05, 3.63) is 35.9 Å². The van der Waals surface area contributed by atoms with Crippen LogP contribution in [0.15, 0.2) is 30.3 Å². The van der Waals surface area contributed by atoms with Gasteiger partial charge >= 0.3 is 0 Å². The van der Waals surface area contributed by atoms with Gasteiger partial charge in [0.15, 0.2) is 0 Å². The highest BCUT2D eigenvalue weighted by atomic mass is 32.2. The maximum absolute atomic E-state index is 3.73. The molecule has 0 radical (unpaired) electrons. The minimum absolute atomic E-state index is 0.752. The van der Waals surface area contributed by atoms with Gasteiger partial charge in [-0.25, -0.2) is 0 Å². The molecule has 20 heavy (non-hydrogen) atoms. The van der Waals surface area contributed by atoms with E-state index in [2.05, 4.69) is 48.8 Å². The zero-order chi connectivity index (χ0) is 14.2. The molecule has 0 heterocycles. The summed E-state index contributed by atoms with van der Waals surface area (Å²) >= 11 is 1.98. The Morgan fingerprint density at radius 1 is 1.20 bits per heavy atom. The summed E-state index contributed by atoms with van der Waals surface area (Å²) in [6.45, 7) is 3.35. The van der Waals surface area contributed by atoms with Crippen molar-refractivity contribution in [3.63, 3.8) is 0 Å². The lowest BCUT2D eigenvalue weighted by Crippen LogP contribution is -2.40. The second-order valence-corrected chi connectivity index (χ2v) is 6.97. The molecule has 1 aliphatic rings. The van der Waals surface area contributed by atoms with E-state index in [0.717, 1.165) is 24.4 Å². The van der Waals surface area contributed by atoms with Gasteiger partial charge in [0, 0.05) is 6.04 Å². The van der Waals surface area contributed by atoms with Crippen LogP contribution in [0.2, 0.25) is 0 Å². The first-order valence-corrected chi connectivity index (χ1v) is 9.51. The van der Waals surface area contributed by atoms with Crippen LogP contribution < -0.4 is 5.32 Å². The second-order valence-electron chi connectivity index (χ2n) is 5.98. The Hall–Kier alpha value is -0.470. The van der Waals surface area contributed by atoms with Gasteiger partial charge in [-0.05, 0) is 68.1 Å². The third-order valence-electron chi connectivity index (χ3n) is 4.64. The first kappa shape index (κ1) is 15.9. The SMILES string of the molecule is CCNC1CCC(c2ccccc2)CC1CCCSC. The minimum Gasteiger partial charge on any atom is -0.314 e. The van der Waals surface area contributed by atoms with E-state index in [9.17, 15) is 0 Å². The summed E-state index contributed by atoms with van der Waals surface area (Å²) in [5, 5.41) is 3.73. The first-order chi connectivity index (χ1) is 9.85. The van der Waals surface area contributed by atoms with Crippen LogP contribution in [-0.2, 0) is 0 Å². The lowest BCUT2D eigenvalue weighted by atomic mass is 9.73. The van der Waals surface area contributed by atoms with Crippen molar-refractivity contribution in [2.45, 2.75) is 51.0 Å². The molecule has 1 fully saturated rings. The molecule has 0 amide bonds. The average molecular weight is 292 g/mol. The molecule has 2 rings (SSSR count). The maximum Gasteiger partial charge on any atom is 0.00956 e. The molecule has 3 atom stereocenters. The number of thioether (sulfide) groups is 1.